The van der Waals surface area contributed by atoms with Crippen LogP contribution in [0.3, 0.4) is 0 Å². The number of alkyl halides is 1. The van der Waals surface area contributed by atoms with Crippen LogP contribution in [0.15, 0.2) is 24.3 Å². The number of nitrogens with zero attached hydrogens (tertiary/aromatic N) is 1. The quantitative estimate of drug-likeness (QED) is 0.608. The van der Waals surface area contributed by atoms with Gasteiger partial charge in [-0.05, 0) is 31.9 Å². The zero-order chi connectivity index (χ0) is 9.68. The van der Waals surface area contributed by atoms with Crippen LogP contribution in [0.5, 0.6) is 0 Å². The van der Waals surface area contributed by atoms with E-state index in [1.807, 2.05) is 19.1 Å². The van der Waals surface area contributed by atoms with E-state index in [1.54, 1.807) is 0 Å². The molecule has 0 N–H and O–H groups in total. The maximum atomic E-state index is 13.0. The summed E-state index contributed by atoms with van der Waals surface area (Å²) in [5.74, 6) is 0. The first kappa shape index (κ1) is 10.5. The molecule has 0 radical (unpaired) electrons. The van der Waals surface area contributed by atoms with Crippen molar-refractivity contribution in [3.05, 3.63) is 24.3 Å². The molecule has 0 aromatic rings. The van der Waals surface area contributed by atoms with Gasteiger partial charge in [0.15, 0.2) is 0 Å². The Balaban J connectivity index is 2.31. The number of halogens is 1. The second-order valence-electron chi connectivity index (χ2n) is 3.63. The highest BCUT2D eigenvalue weighted by Crippen LogP contribution is 2.13. The topological polar surface area (TPSA) is 3.24 Å². The van der Waals surface area contributed by atoms with Crippen LogP contribution in [0, 0.1) is 0 Å². The molecular formula is C11H18FN. The van der Waals surface area contributed by atoms with Crippen LogP contribution in [-0.4, -0.2) is 30.7 Å². The smallest absolute Gasteiger partial charge is 0.113 e. The van der Waals surface area contributed by atoms with Crippen molar-refractivity contribution in [1.29, 1.82) is 0 Å². The summed E-state index contributed by atoms with van der Waals surface area (Å²) in [5, 5.41) is 0. The Morgan fingerprint density at radius 1 is 1.69 bits per heavy atom. The fourth-order valence-corrected chi connectivity index (χ4v) is 1.72. The predicted octanol–water partition coefficient (Wildman–Crippen LogP) is 2.55. The maximum Gasteiger partial charge on any atom is 0.113 e. The second kappa shape index (κ2) is 5.18. The van der Waals surface area contributed by atoms with E-state index < -0.39 is 6.17 Å². The molecule has 13 heavy (non-hydrogen) atoms. The third kappa shape index (κ3) is 3.73. The van der Waals surface area contributed by atoms with Crippen LogP contribution < -0.4 is 0 Å². The molecule has 1 atom stereocenters. The van der Waals surface area contributed by atoms with Gasteiger partial charge in [-0.2, -0.15) is 0 Å². The van der Waals surface area contributed by atoms with E-state index in [2.05, 4.69) is 11.5 Å². The highest BCUT2D eigenvalue weighted by atomic mass is 19.1. The summed E-state index contributed by atoms with van der Waals surface area (Å²) >= 11 is 0. The summed E-state index contributed by atoms with van der Waals surface area (Å²) in [6, 6.07) is 0. The van der Waals surface area contributed by atoms with Gasteiger partial charge in [-0.1, -0.05) is 18.7 Å². The molecule has 0 amide bonds. The second-order valence-corrected chi connectivity index (χ2v) is 3.63. The van der Waals surface area contributed by atoms with Gasteiger partial charge in [0, 0.05) is 13.1 Å². The van der Waals surface area contributed by atoms with E-state index in [-0.39, 0.29) is 0 Å². The highest BCUT2D eigenvalue weighted by Gasteiger charge is 2.18. The number of hydrogen-bond acceptors (Lipinski definition) is 1. The van der Waals surface area contributed by atoms with Crippen LogP contribution in [-0.2, 0) is 0 Å². The lowest BCUT2D eigenvalue weighted by molar-refractivity contribution is 0.148. The molecular weight excluding hydrogens is 165 g/mol. The van der Waals surface area contributed by atoms with Gasteiger partial charge in [-0.25, -0.2) is 4.39 Å². The number of likely N-dealkylation sites (tertiary alicyclic amines) is 1. The van der Waals surface area contributed by atoms with Crippen molar-refractivity contribution in [1.82, 2.24) is 4.90 Å². The molecule has 1 nitrogen and oxygen atoms in total. The minimum absolute atomic E-state index is 0.580. The van der Waals surface area contributed by atoms with Gasteiger partial charge in [0.1, 0.15) is 6.17 Å². The molecule has 0 spiro atoms. The fraction of sp³-hybridized carbons (Fsp3) is 0.636. The Hall–Kier alpha value is -0.630. The standard InChI is InChI=1S/C11H18FN/c1-3-5-10(2)8-13-7-4-6-11(12)9-13/h3,5,11H,2,4,6-9H2,1H3/b5-3-/t11-/m1/s1. The van der Waals surface area contributed by atoms with Crippen LogP contribution in [0.4, 0.5) is 4.39 Å². The van der Waals surface area contributed by atoms with Gasteiger partial charge in [-0.3, -0.25) is 4.90 Å². The minimum Gasteiger partial charge on any atom is -0.296 e. The molecule has 74 valence electrons. The van der Waals surface area contributed by atoms with E-state index in [4.69, 9.17) is 0 Å². The molecule has 0 unspecified atom stereocenters. The van der Waals surface area contributed by atoms with Crippen LogP contribution in [0.25, 0.3) is 0 Å². The van der Waals surface area contributed by atoms with Crippen LogP contribution >= 0.6 is 0 Å². The van der Waals surface area contributed by atoms with Gasteiger partial charge in [0.05, 0.1) is 0 Å². The fourth-order valence-electron chi connectivity index (χ4n) is 1.72. The lowest BCUT2D eigenvalue weighted by atomic mass is 10.1. The minimum atomic E-state index is -0.632. The van der Waals surface area contributed by atoms with E-state index in [0.717, 1.165) is 31.5 Å². The lowest BCUT2D eigenvalue weighted by Gasteiger charge is -2.28. The summed E-state index contributed by atoms with van der Waals surface area (Å²) < 4.78 is 13.0. The highest BCUT2D eigenvalue weighted by molar-refractivity contribution is 5.15. The molecule has 1 aliphatic heterocycles. The van der Waals surface area contributed by atoms with Crippen molar-refractivity contribution >= 4 is 0 Å². The molecule has 2 heteroatoms. The monoisotopic (exact) mass is 183 g/mol. The van der Waals surface area contributed by atoms with Gasteiger partial charge in [0.25, 0.3) is 0 Å². The summed E-state index contributed by atoms with van der Waals surface area (Å²) in [6.45, 7) is 8.29. The molecule has 1 heterocycles. The molecule has 0 bridgehead atoms. The van der Waals surface area contributed by atoms with Gasteiger partial charge >= 0.3 is 0 Å². The van der Waals surface area contributed by atoms with Crippen molar-refractivity contribution in [2.75, 3.05) is 19.6 Å². The molecule has 1 saturated heterocycles. The summed E-state index contributed by atoms with van der Waals surface area (Å²) in [5.41, 5.74) is 1.07. The van der Waals surface area contributed by atoms with Crippen molar-refractivity contribution in [3.8, 4) is 0 Å². The normalized spacial score (nSPS) is 25.2. The number of allylic oxidation sites excluding steroid dienone is 1. The van der Waals surface area contributed by atoms with Gasteiger partial charge < -0.3 is 0 Å². The van der Waals surface area contributed by atoms with Crippen molar-refractivity contribution < 1.29 is 4.39 Å². The molecule has 0 aromatic carbocycles. The van der Waals surface area contributed by atoms with Crippen LogP contribution in [0.1, 0.15) is 19.8 Å². The predicted molar refractivity (Wildman–Crippen MR) is 54.5 cm³/mol. The summed E-state index contributed by atoms with van der Waals surface area (Å²) in [7, 11) is 0. The van der Waals surface area contributed by atoms with E-state index >= 15 is 0 Å². The average molecular weight is 183 g/mol. The Morgan fingerprint density at radius 2 is 2.46 bits per heavy atom. The third-order valence-electron chi connectivity index (χ3n) is 2.28. The Bertz CT molecular complexity index is 198. The number of hydrogen-bond donors (Lipinski definition) is 0. The Morgan fingerprint density at radius 3 is 3.08 bits per heavy atom. The molecule has 0 aliphatic carbocycles. The molecule has 1 aliphatic rings. The maximum absolute atomic E-state index is 13.0. The van der Waals surface area contributed by atoms with E-state index in [9.17, 15) is 4.39 Å². The average Bonchev–Trinajstić information content (AvgIpc) is 2.04. The largest absolute Gasteiger partial charge is 0.296 e. The van der Waals surface area contributed by atoms with Crippen molar-refractivity contribution in [2.24, 2.45) is 0 Å². The molecule has 1 fully saturated rings. The zero-order valence-corrected chi connectivity index (χ0v) is 8.30. The van der Waals surface area contributed by atoms with Gasteiger partial charge in [0.2, 0.25) is 0 Å². The first-order chi connectivity index (χ1) is 6.22. The SMILES string of the molecule is C=C(/C=C\C)CN1CCC[C@@H](F)C1. The van der Waals surface area contributed by atoms with E-state index in [0.29, 0.717) is 6.54 Å². The summed E-state index contributed by atoms with van der Waals surface area (Å²) in [6.07, 6.45) is 5.03. The van der Waals surface area contributed by atoms with Gasteiger partial charge in [-0.15, -0.1) is 0 Å². The lowest BCUT2D eigenvalue weighted by Crippen LogP contribution is -2.37. The van der Waals surface area contributed by atoms with Crippen LogP contribution in [0.2, 0.25) is 0 Å². The first-order valence-electron chi connectivity index (χ1n) is 4.89. The number of piperidine rings is 1. The molecule has 0 saturated carbocycles. The van der Waals surface area contributed by atoms with Crippen molar-refractivity contribution in [3.63, 3.8) is 0 Å². The Labute approximate surface area is 79.9 Å². The Kier molecular flexibility index (Phi) is 4.16. The molecule has 0 aromatic heterocycles. The third-order valence-corrected chi connectivity index (χ3v) is 2.28. The van der Waals surface area contributed by atoms with E-state index in [1.165, 1.54) is 0 Å². The zero-order valence-electron chi connectivity index (χ0n) is 8.30. The number of rotatable bonds is 3. The van der Waals surface area contributed by atoms with Crippen molar-refractivity contribution in [2.45, 2.75) is 25.9 Å². The summed E-state index contributed by atoms with van der Waals surface area (Å²) in [4.78, 5) is 2.14. The molecule has 1 rings (SSSR count). The first-order valence-corrected chi connectivity index (χ1v) is 4.89.